The predicted molar refractivity (Wildman–Crippen MR) is 101 cm³/mol. The predicted octanol–water partition coefficient (Wildman–Crippen LogP) is 1.16. The van der Waals surface area contributed by atoms with Crippen molar-refractivity contribution < 1.29 is 9.47 Å². The Bertz CT molecular complexity index is 1010. The second-order valence-corrected chi connectivity index (χ2v) is 6.56. The van der Waals surface area contributed by atoms with Crippen LogP contribution in [0.25, 0.3) is 0 Å². The van der Waals surface area contributed by atoms with Crippen molar-refractivity contribution in [2.75, 3.05) is 25.6 Å². The summed E-state index contributed by atoms with van der Waals surface area (Å²) in [5, 5.41) is 13.0. The van der Waals surface area contributed by atoms with E-state index in [2.05, 4.69) is 30.2 Å². The molecule has 0 fully saturated rings. The first-order valence-electron chi connectivity index (χ1n) is 8.24. The van der Waals surface area contributed by atoms with E-state index in [4.69, 9.17) is 9.47 Å². The Hall–Kier alpha value is -3.28. The van der Waals surface area contributed by atoms with Gasteiger partial charge in [0.05, 0.1) is 6.61 Å². The minimum Gasteiger partial charge on any atom is -0.477 e. The van der Waals surface area contributed by atoms with Gasteiger partial charge in [0.25, 0.3) is 5.56 Å². The summed E-state index contributed by atoms with van der Waals surface area (Å²) in [6.07, 6.45) is 0. The lowest BCUT2D eigenvalue weighted by atomic mass is 10.5. The van der Waals surface area contributed by atoms with E-state index in [0.29, 0.717) is 28.6 Å². The van der Waals surface area contributed by atoms with E-state index in [9.17, 15) is 4.79 Å². The molecule has 0 amide bonds. The molecule has 0 atom stereocenters. The first-order chi connectivity index (χ1) is 13.4. The number of aryl methyl sites for hydroxylation is 1. The van der Waals surface area contributed by atoms with Gasteiger partial charge in [0.1, 0.15) is 5.03 Å². The maximum Gasteiger partial charge on any atom is 0.329 e. The van der Waals surface area contributed by atoms with Crippen molar-refractivity contribution >= 4 is 17.7 Å². The highest BCUT2D eigenvalue weighted by molar-refractivity contribution is 7.99. The van der Waals surface area contributed by atoms with Gasteiger partial charge >= 0.3 is 6.01 Å². The number of aromatic nitrogens is 7. The summed E-state index contributed by atoms with van der Waals surface area (Å²) in [5.74, 6) is 1.03. The molecule has 0 aliphatic rings. The van der Waals surface area contributed by atoms with Crippen LogP contribution >= 0.6 is 11.8 Å². The molecule has 0 aromatic carbocycles. The molecule has 28 heavy (non-hydrogen) atoms. The highest BCUT2D eigenvalue weighted by Crippen LogP contribution is 2.26. The Balaban J connectivity index is 1.86. The molecule has 0 aliphatic carbocycles. The van der Waals surface area contributed by atoms with E-state index >= 15 is 0 Å². The lowest BCUT2D eigenvalue weighted by Gasteiger charge is -2.12. The molecule has 0 spiro atoms. The zero-order valence-electron chi connectivity index (χ0n) is 15.7. The Morgan fingerprint density at radius 3 is 2.50 bits per heavy atom. The minimum absolute atomic E-state index is 0.0474. The summed E-state index contributed by atoms with van der Waals surface area (Å²) in [6.45, 7) is 2.39. The maximum atomic E-state index is 11.5. The Kier molecular flexibility index (Phi) is 5.99. The average Bonchev–Trinajstić information content (AvgIpc) is 2.66. The van der Waals surface area contributed by atoms with Crippen LogP contribution in [0, 0.1) is 0 Å². The van der Waals surface area contributed by atoms with Gasteiger partial charge in [-0.3, -0.25) is 4.79 Å². The average molecular weight is 402 g/mol. The SMILES string of the molecule is CCOc1ccc(Sc2nc(Oc3ccc(=O)n(C)n3)nc(N(C)C)n2)nn1. The molecule has 0 saturated heterocycles. The fourth-order valence-electron chi connectivity index (χ4n) is 1.93. The fourth-order valence-corrected chi connectivity index (χ4v) is 2.58. The molecule has 3 rings (SSSR count). The van der Waals surface area contributed by atoms with Crippen LogP contribution in [0.1, 0.15) is 6.92 Å². The number of hydrogen-bond acceptors (Lipinski definition) is 11. The van der Waals surface area contributed by atoms with Gasteiger partial charge in [-0.15, -0.1) is 15.3 Å². The molecule has 3 heterocycles. The molecular weight excluding hydrogens is 384 g/mol. The van der Waals surface area contributed by atoms with Gasteiger partial charge in [0.15, 0.2) is 0 Å². The maximum absolute atomic E-state index is 11.5. The normalized spacial score (nSPS) is 10.6. The Labute approximate surface area is 164 Å². The van der Waals surface area contributed by atoms with Crippen LogP contribution in [0.2, 0.25) is 0 Å². The van der Waals surface area contributed by atoms with Crippen LogP contribution in [0.5, 0.6) is 17.8 Å². The third-order valence-electron chi connectivity index (χ3n) is 3.22. The Morgan fingerprint density at radius 1 is 1.07 bits per heavy atom. The summed E-state index contributed by atoms with van der Waals surface area (Å²) < 4.78 is 12.0. The number of rotatable bonds is 7. The van der Waals surface area contributed by atoms with Crippen molar-refractivity contribution in [3.8, 4) is 17.8 Å². The molecule has 0 radical (unpaired) electrons. The third kappa shape index (κ3) is 4.91. The van der Waals surface area contributed by atoms with Gasteiger partial charge in [-0.1, -0.05) is 0 Å². The van der Waals surface area contributed by atoms with Gasteiger partial charge in [-0.25, -0.2) is 4.68 Å². The van der Waals surface area contributed by atoms with Gasteiger partial charge in [-0.2, -0.15) is 15.0 Å². The highest BCUT2D eigenvalue weighted by Gasteiger charge is 2.13. The number of anilines is 1. The van der Waals surface area contributed by atoms with Crippen molar-refractivity contribution in [1.82, 2.24) is 34.9 Å². The molecule has 146 valence electrons. The van der Waals surface area contributed by atoms with Crippen LogP contribution in [0.15, 0.2) is 39.2 Å². The van der Waals surface area contributed by atoms with E-state index in [0.717, 1.165) is 4.68 Å². The topological polar surface area (TPSA) is 121 Å². The van der Waals surface area contributed by atoms with Crippen molar-refractivity contribution in [3.05, 3.63) is 34.6 Å². The molecule has 0 aliphatic heterocycles. The van der Waals surface area contributed by atoms with Crippen LogP contribution in [0.3, 0.4) is 0 Å². The highest BCUT2D eigenvalue weighted by atomic mass is 32.2. The van der Waals surface area contributed by atoms with Crippen LogP contribution in [0.4, 0.5) is 5.95 Å². The summed E-state index contributed by atoms with van der Waals surface area (Å²) in [7, 11) is 5.13. The number of nitrogens with zero attached hydrogens (tertiary/aromatic N) is 8. The van der Waals surface area contributed by atoms with Crippen molar-refractivity contribution in [2.24, 2.45) is 7.05 Å². The van der Waals surface area contributed by atoms with Crippen LogP contribution in [-0.2, 0) is 7.05 Å². The summed E-state index contributed by atoms with van der Waals surface area (Å²) in [5.41, 5.74) is -0.248. The van der Waals surface area contributed by atoms with E-state index in [1.54, 1.807) is 31.1 Å². The molecule has 0 unspecified atom stereocenters. The van der Waals surface area contributed by atoms with Gasteiger partial charge in [-0.05, 0) is 24.8 Å². The minimum atomic E-state index is -0.248. The lowest BCUT2D eigenvalue weighted by Crippen LogP contribution is -2.18. The first kappa shape index (κ1) is 19.5. The second kappa shape index (κ2) is 8.61. The zero-order chi connectivity index (χ0) is 20.1. The molecular formula is C16H18N8O3S. The monoisotopic (exact) mass is 402 g/mol. The molecule has 0 bridgehead atoms. The molecule has 3 aromatic heterocycles. The summed E-state index contributed by atoms with van der Waals surface area (Å²) >= 11 is 1.20. The van der Waals surface area contributed by atoms with Crippen LogP contribution < -0.4 is 19.9 Å². The Morgan fingerprint density at radius 2 is 1.86 bits per heavy atom. The van der Waals surface area contributed by atoms with Gasteiger partial charge < -0.3 is 14.4 Å². The largest absolute Gasteiger partial charge is 0.477 e. The zero-order valence-corrected chi connectivity index (χ0v) is 16.5. The van der Waals surface area contributed by atoms with Crippen molar-refractivity contribution in [3.63, 3.8) is 0 Å². The first-order valence-corrected chi connectivity index (χ1v) is 9.06. The molecule has 0 N–H and O–H groups in total. The van der Waals surface area contributed by atoms with Crippen molar-refractivity contribution in [1.29, 1.82) is 0 Å². The van der Waals surface area contributed by atoms with E-state index in [-0.39, 0.29) is 17.4 Å². The molecule has 0 saturated carbocycles. The number of hydrogen-bond donors (Lipinski definition) is 0. The molecule has 12 heteroatoms. The van der Waals surface area contributed by atoms with Gasteiger partial charge in [0, 0.05) is 39.3 Å². The lowest BCUT2D eigenvalue weighted by molar-refractivity contribution is 0.321. The third-order valence-corrected chi connectivity index (χ3v) is 4.01. The quantitative estimate of drug-likeness (QED) is 0.566. The van der Waals surface area contributed by atoms with E-state index in [1.165, 1.54) is 30.9 Å². The second-order valence-electron chi connectivity index (χ2n) is 5.58. The van der Waals surface area contributed by atoms with Crippen LogP contribution in [-0.4, -0.2) is 55.6 Å². The standard InChI is InChI=1S/C16H18N8O3S/c1-5-26-10-6-8-12(21-20-10)28-16-18-14(23(2)3)17-15(19-16)27-11-7-9-13(25)24(4)22-11/h6-9H,5H2,1-4H3. The van der Waals surface area contributed by atoms with E-state index < -0.39 is 0 Å². The van der Waals surface area contributed by atoms with Gasteiger partial charge in [0.2, 0.25) is 22.9 Å². The summed E-state index contributed by atoms with van der Waals surface area (Å²) in [6, 6.07) is 6.33. The van der Waals surface area contributed by atoms with Crippen molar-refractivity contribution in [2.45, 2.75) is 17.1 Å². The fraction of sp³-hybridized carbons (Fsp3) is 0.312. The van der Waals surface area contributed by atoms with E-state index in [1.807, 2.05) is 6.92 Å². The molecule has 11 nitrogen and oxygen atoms in total. The number of ether oxygens (including phenoxy) is 2. The summed E-state index contributed by atoms with van der Waals surface area (Å²) in [4.78, 5) is 26.1. The molecule has 3 aromatic rings. The smallest absolute Gasteiger partial charge is 0.329 e.